The molecule has 21 heavy (non-hydrogen) atoms. The van der Waals surface area contributed by atoms with Crippen LogP contribution in [0.25, 0.3) is 0 Å². The topological polar surface area (TPSA) is 59.1 Å². The maximum atomic E-state index is 5.09. The van der Waals surface area contributed by atoms with Crippen LogP contribution in [0.3, 0.4) is 0 Å². The molecule has 1 heterocycles. The summed E-state index contributed by atoms with van der Waals surface area (Å²) in [5, 5.41) is 6.36. The molecule has 2 rings (SSSR count). The van der Waals surface area contributed by atoms with Crippen LogP contribution in [0.5, 0.6) is 0 Å². The van der Waals surface area contributed by atoms with Crippen molar-refractivity contribution in [1.82, 2.24) is 9.97 Å². The van der Waals surface area contributed by atoms with Crippen LogP contribution >= 0.6 is 0 Å². The van der Waals surface area contributed by atoms with E-state index < -0.39 is 0 Å². The molecule has 112 valence electrons. The van der Waals surface area contributed by atoms with Gasteiger partial charge in [-0.3, -0.25) is 0 Å². The molecule has 1 aromatic heterocycles. The highest BCUT2D eigenvalue weighted by Gasteiger charge is 2.04. The molecule has 0 unspecified atom stereocenters. The van der Waals surface area contributed by atoms with Crippen molar-refractivity contribution in [2.75, 3.05) is 24.8 Å². The molecule has 0 aliphatic heterocycles. The van der Waals surface area contributed by atoms with Crippen molar-refractivity contribution in [3.63, 3.8) is 0 Å². The second-order valence-electron chi connectivity index (χ2n) is 4.76. The zero-order chi connectivity index (χ0) is 15.1. The molecular weight excluding hydrogens is 264 g/mol. The molecule has 0 aliphatic rings. The fourth-order valence-electron chi connectivity index (χ4n) is 1.99. The Labute approximate surface area is 125 Å². The Hall–Kier alpha value is -2.14. The van der Waals surface area contributed by atoms with E-state index in [-0.39, 0.29) is 0 Å². The van der Waals surface area contributed by atoms with Gasteiger partial charge in [0, 0.05) is 26.8 Å². The molecule has 5 nitrogen and oxygen atoms in total. The van der Waals surface area contributed by atoms with Gasteiger partial charge in [0.15, 0.2) is 5.82 Å². The molecule has 0 radical (unpaired) electrons. The van der Waals surface area contributed by atoms with Gasteiger partial charge < -0.3 is 15.4 Å². The van der Waals surface area contributed by atoms with Gasteiger partial charge in [-0.1, -0.05) is 31.2 Å². The van der Waals surface area contributed by atoms with Crippen molar-refractivity contribution in [1.29, 1.82) is 0 Å². The lowest BCUT2D eigenvalue weighted by atomic mass is 10.1. The predicted octanol–water partition coefficient (Wildman–Crippen LogP) is 2.84. The molecule has 0 saturated heterocycles. The zero-order valence-electron chi connectivity index (χ0n) is 12.8. The van der Waals surface area contributed by atoms with Crippen molar-refractivity contribution < 1.29 is 4.74 Å². The molecule has 1 aromatic carbocycles. The summed E-state index contributed by atoms with van der Waals surface area (Å²) < 4.78 is 5.09. The summed E-state index contributed by atoms with van der Waals surface area (Å²) in [4.78, 5) is 8.76. The maximum absolute atomic E-state index is 5.09. The van der Waals surface area contributed by atoms with Crippen molar-refractivity contribution in [2.24, 2.45) is 0 Å². The van der Waals surface area contributed by atoms with E-state index in [0.29, 0.717) is 12.4 Å². The highest BCUT2D eigenvalue weighted by atomic mass is 16.5. The molecule has 2 aromatic rings. The van der Waals surface area contributed by atoms with E-state index in [2.05, 4.69) is 51.8 Å². The second-order valence-corrected chi connectivity index (χ2v) is 4.76. The summed E-state index contributed by atoms with van der Waals surface area (Å²) in [6.45, 7) is 3.29. The minimum Gasteiger partial charge on any atom is -0.377 e. The third-order valence-corrected chi connectivity index (χ3v) is 3.21. The first-order chi connectivity index (χ1) is 10.2. The molecule has 0 saturated carbocycles. The lowest BCUT2D eigenvalue weighted by molar-refractivity contribution is 0.178. The average Bonchev–Trinajstić information content (AvgIpc) is 2.53. The number of hydrogen-bond donors (Lipinski definition) is 2. The van der Waals surface area contributed by atoms with Crippen LogP contribution in [0, 0.1) is 0 Å². The Morgan fingerprint density at radius 2 is 1.71 bits per heavy atom. The zero-order valence-corrected chi connectivity index (χ0v) is 12.8. The fraction of sp³-hybridized carbons (Fsp3) is 0.375. The Kier molecular flexibility index (Phi) is 5.51. The maximum Gasteiger partial charge on any atom is 0.158 e. The number of anilines is 2. The van der Waals surface area contributed by atoms with E-state index in [1.165, 1.54) is 11.1 Å². The minimum absolute atomic E-state index is 0.398. The fourth-order valence-corrected chi connectivity index (χ4v) is 1.99. The molecule has 0 fully saturated rings. The van der Waals surface area contributed by atoms with Gasteiger partial charge in [0.1, 0.15) is 18.2 Å². The van der Waals surface area contributed by atoms with E-state index in [1.807, 2.05) is 13.1 Å². The Morgan fingerprint density at radius 1 is 1.05 bits per heavy atom. The lowest BCUT2D eigenvalue weighted by Gasteiger charge is -2.10. The molecular formula is C16H22N4O. The number of nitrogens with zero attached hydrogens (tertiary/aromatic N) is 2. The number of rotatable bonds is 7. The number of methoxy groups -OCH3 is 1. The summed E-state index contributed by atoms with van der Waals surface area (Å²) in [5.41, 5.74) is 2.57. The van der Waals surface area contributed by atoms with Crippen LogP contribution in [0.2, 0.25) is 0 Å². The smallest absolute Gasteiger partial charge is 0.158 e. The van der Waals surface area contributed by atoms with Crippen molar-refractivity contribution in [3.05, 3.63) is 47.3 Å². The molecule has 0 aliphatic carbocycles. The molecule has 0 atom stereocenters. The Balaban J connectivity index is 2.05. The van der Waals surface area contributed by atoms with Crippen LogP contribution in [-0.2, 0) is 24.3 Å². The summed E-state index contributed by atoms with van der Waals surface area (Å²) in [5.74, 6) is 2.23. The first kappa shape index (κ1) is 15.3. The molecule has 0 bridgehead atoms. The van der Waals surface area contributed by atoms with E-state index in [4.69, 9.17) is 4.74 Å². The van der Waals surface area contributed by atoms with Gasteiger partial charge in [-0.05, 0) is 17.5 Å². The second kappa shape index (κ2) is 7.59. The lowest BCUT2D eigenvalue weighted by Crippen LogP contribution is -2.07. The normalized spacial score (nSPS) is 10.4. The molecule has 0 spiro atoms. The van der Waals surface area contributed by atoms with Crippen molar-refractivity contribution >= 4 is 11.6 Å². The minimum atomic E-state index is 0.398. The number of benzene rings is 1. The van der Waals surface area contributed by atoms with Gasteiger partial charge in [0.2, 0.25) is 0 Å². The highest BCUT2D eigenvalue weighted by Crippen LogP contribution is 2.13. The molecule has 5 heteroatoms. The van der Waals surface area contributed by atoms with Gasteiger partial charge in [0.25, 0.3) is 0 Å². The van der Waals surface area contributed by atoms with Gasteiger partial charge >= 0.3 is 0 Å². The van der Waals surface area contributed by atoms with E-state index in [1.54, 1.807) is 7.11 Å². The van der Waals surface area contributed by atoms with Gasteiger partial charge in [-0.25, -0.2) is 9.97 Å². The summed E-state index contributed by atoms with van der Waals surface area (Å²) in [7, 11) is 3.48. The SMILES string of the molecule is CCc1ccc(CNc2cc(NC)nc(COC)n2)cc1. The van der Waals surface area contributed by atoms with Crippen LogP contribution in [0.1, 0.15) is 23.9 Å². The summed E-state index contributed by atoms with van der Waals surface area (Å²) >= 11 is 0. The van der Waals surface area contributed by atoms with Crippen LogP contribution in [0.15, 0.2) is 30.3 Å². The summed E-state index contributed by atoms with van der Waals surface area (Å²) in [6.07, 6.45) is 1.06. The highest BCUT2D eigenvalue weighted by molar-refractivity contribution is 5.47. The van der Waals surface area contributed by atoms with Gasteiger partial charge in [0.05, 0.1) is 0 Å². The summed E-state index contributed by atoms with van der Waals surface area (Å²) in [6, 6.07) is 10.5. The van der Waals surface area contributed by atoms with Crippen molar-refractivity contribution in [2.45, 2.75) is 26.5 Å². The first-order valence-corrected chi connectivity index (χ1v) is 7.11. The number of nitrogens with one attached hydrogen (secondary N) is 2. The van der Waals surface area contributed by atoms with E-state index in [9.17, 15) is 0 Å². The number of ether oxygens (including phenoxy) is 1. The standard InChI is InChI=1S/C16H22N4O/c1-4-12-5-7-13(8-6-12)10-18-15-9-14(17-2)19-16(20-15)11-21-3/h5-9H,4,10-11H2,1-3H3,(H2,17,18,19,20). The van der Waals surface area contributed by atoms with E-state index in [0.717, 1.165) is 24.6 Å². The molecule has 0 amide bonds. The van der Waals surface area contributed by atoms with E-state index >= 15 is 0 Å². The monoisotopic (exact) mass is 286 g/mol. The number of aryl methyl sites for hydroxylation is 1. The number of hydrogen-bond acceptors (Lipinski definition) is 5. The largest absolute Gasteiger partial charge is 0.377 e. The van der Waals surface area contributed by atoms with Crippen LogP contribution in [-0.4, -0.2) is 24.1 Å². The van der Waals surface area contributed by atoms with Crippen LogP contribution in [0.4, 0.5) is 11.6 Å². The third-order valence-electron chi connectivity index (χ3n) is 3.21. The Bertz CT molecular complexity index is 569. The predicted molar refractivity (Wildman–Crippen MR) is 85.4 cm³/mol. The molecule has 2 N–H and O–H groups in total. The van der Waals surface area contributed by atoms with Gasteiger partial charge in [-0.15, -0.1) is 0 Å². The van der Waals surface area contributed by atoms with Gasteiger partial charge in [-0.2, -0.15) is 0 Å². The van der Waals surface area contributed by atoms with Crippen molar-refractivity contribution in [3.8, 4) is 0 Å². The first-order valence-electron chi connectivity index (χ1n) is 7.11. The number of aromatic nitrogens is 2. The Morgan fingerprint density at radius 3 is 2.33 bits per heavy atom. The quantitative estimate of drug-likeness (QED) is 0.819. The average molecular weight is 286 g/mol. The third kappa shape index (κ3) is 4.43. The van der Waals surface area contributed by atoms with Crippen LogP contribution < -0.4 is 10.6 Å².